The van der Waals surface area contributed by atoms with Gasteiger partial charge in [0.05, 0.1) is 12.2 Å². The van der Waals surface area contributed by atoms with Gasteiger partial charge in [-0.1, -0.05) is 0 Å². The molecule has 0 aliphatic heterocycles. The van der Waals surface area contributed by atoms with E-state index >= 15 is 0 Å². The van der Waals surface area contributed by atoms with Gasteiger partial charge in [0.2, 0.25) is 5.91 Å². The lowest BCUT2D eigenvalue weighted by atomic mass is 10.2. The summed E-state index contributed by atoms with van der Waals surface area (Å²) in [6.45, 7) is 1.77. The molecule has 0 aliphatic carbocycles. The Morgan fingerprint density at radius 3 is 3.07 bits per heavy atom. The zero-order chi connectivity index (χ0) is 10.6. The van der Waals surface area contributed by atoms with E-state index in [0.717, 1.165) is 5.56 Å². The van der Waals surface area contributed by atoms with Crippen molar-refractivity contribution in [2.24, 2.45) is 12.8 Å². The molecular formula is C8H14N4O2. The Morgan fingerprint density at radius 2 is 2.57 bits per heavy atom. The number of hydrogen-bond acceptors (Lipinski definition) is 4. The summed E-state index contributed by atoms with van der Waals surface area (Å²) >= 11 is 0. The smallest absolute Gasteiger partial charge is 0.245 e. The maximum absolute atomic E-state index is 10.4. The number of nitrogens with two attached hydrogens (primary N) is 1. The molecule has 0 aromatic carbocycles. The van der Waals surface area contributed by atoms with Crippen molar-refractivity contribution in [3.05, 3.63) is 18.0 Å². The van der Waals surface area contributed by atoms with Crippen LogP contribution >= 0.6 is 0 Å². The molecule has 1 amide bonds. The van der Waals surface area contributed by atoms with Gasteiger partial charge < -0.3 is 5.73 Å². The van der Waals surface area contributed by atoms with Gasteiger partial charge >= 0.3 is 0 Å². The third-order valence-electron chi connectivity index (χ3n) is 1.70. The maximum Gasteiger partial charge on any atom is 0.245 e. The molecule has 0 bridgehead atoms. The number of amides is 1. The van der Waals surface area contributed by atoms with Crippen molar-refractivity contribution in [3.8, 4) is 0 Å². The molecule has 1 rings (SSSR count). The van der Waals surface area contributed by atoms with Gasteiger partial charge in [-0.15, -0.1) is 0 Å². The zero-order valence-electron chi connectivity index (χ0n) is 8.23. The fourth-order valence-electron chi connectivity index (χ4n) is 0.970. The first kappa shape index (κ1) is 10.7. The number of primary amides is 1. The number of aromatic nitrogens is 2. The van der Waals surface area contributed by atoms with Crippen LogP contribution in [0.15, 0.2) is 12.4 Å². The molecule has 0 saturated carbocycles. The number of carbonyl (C=O) groups is 1. The van der Waals surface area contributed by atoms with Crippen LogP contribution in [0.4, 0.5) is 0 Å². The third-order valence-corrected chi connectivity index (χ3v) is 1.70. The fourth-order valence-corrected chi connectivity index (χ4v) is 0.970. The summed E-state index contributed by atoms with van der Waals surface area (Å²) in [6, 6.07) is -0.0250. The van der Waals surface area contributed by atoms with E-state index in [4.69, 9.17) is 10.6 Å². The molecule has 0 spiro atoms. The van der Waals surface area contributed by atoms with E-state index in [-0.39, 0.29) is 12.6 Å². The van der Waals surface area contributed by atoms with Crippen LogP contribution in [0.1, 0.15) is 18.5 Å². The molecule has 14 heavy (non-hydrogen) atoms. The Hall–Kier alpha value is -1.40. The molecule has 6 nitrogen and oxygen atoms in total. The minimum absolute atomic E-state index is 0.0250. The van der Waals surface area contributed by atoms with Crippen LogP contribution in [0.3, 0.4) is 0 Å². The number of rotatable bonds is 5. The maximum atomic E-state index is 10.4. The van der Waals surface area contributed by atoms with E-state index in [1.165, 1.54) is 0 Å². The minimum atomic E-state index is -0.504. The lowest BCUT2D eigenvalue weighted by Crippen LogP contribution is -2.26. The van der Waals surface area contributed by atoms with Gasteiger partial charge in [0.1, 0.15) is 6.61 Å². The highest BCUT2D eigenvalue weighted by atomic mass is 16.6. The van der Waals surface area contributed by atoms with Crippen molar-refractivity contribution in [2.75, 3.05) is 6.61 Å². The number of carbonyl (C=O) groups excluding carboxylic acids is 1. The number of nitrogens with zero attached hydrogens (tertiary/aromatic N) is 2. The Kier molecular flexibility index (Phi) is 3.61. The van der Waals surface area contributed by atoms with E-state index in [9.17, 15) is 4.79 Å². The van der Waals surface area contributed by atoms with E-state index in [0.29, 0.717) is 0 Å². The van der Waals surface area contributed by atoms with Crippen LogP contribution in [0.2, 0.25) is 0 Å². The van der Waals surface area contributed by atoms with Gasteiger partial charge in [-0.3, -0.25) is 14.3 Å². The van der Waals surface area contributed by atoms with Crippen molar-refractivity contribution in [2.45, 2.75) is 13.0 Å². The predicted octanol–water partition coefficient (Wildman–Crippen LogP) is -0.512. The van der Waals surface area contributed by atoms with Crippen molar-refractivity contribution in [1.82, 2.24) is 15.3 Å². The van der Waals surface area contributed by atoms with Crippen LogP contribution in [0.25, 0.3) is 0 Å². The van der Waals surface area contributed by atoms with Crippen LogP contribution < -0.4 is 11.2 Å². The molecule has 0 fully saturated rings. The normalized spacial score (nSPS) is 12.7. The molecule has 0 saturated heterocycles. The molecule has 0 aliphatic rings. The lowest BCUT2D eigenvalue weighted by molar-refractivity contribution is -0.126. The number of hydrogen-bond donors (Lipinski definition) is 2. The van der Waals surface area contributed by atoms with Gasteiger partial charge in [0.25, 0.3) is 0 Å². The Labute approximate surface area is 82.0 Å². The third kappa shape index (κ3) is 3.15. The van der Waals surface area contributed by atoms with Gasteiger partial charge in [-0.25, -0.2) is 0 Å². The van der Waals surface area contributed by atoms with Crippen molar-refractivity contribution < 1.29 is 9.63 Å². The molecule has 0 radical (unpaired) electrons. The summed E-state index contributed by atoms with van der Waals surface area (Å²) < 4.78 is 1.70. The van der Waals surface area contributed by atoms with Crippen molar-refractivity contribution in [3.63, 3.8) is 0 Å². The van der Waals surface area contributed by atoms with Gasteiger partial charge in [0, 0.05) is 18.8 Å². The molecule has 1 heterocycles. The Morgan fingerprint density at radius 1 is 1.86 bits per heavy atom. The molecule has 1 aromatic heterocycles. The van der Waals surface area contributed by atoms with Crippen molar-refractivity contribution in [1.29, 1.82) is 0 Å². The Balaban J connectivity index is 2.35. The van der Waals surface area contributed by atoms with Gasteiger partial charge in [-0.2, -0.15) is 10.6 Å². The predicted molar refractivity (Wildman–Crippen MR) is 49.9 cm³/mol. The quantitative estimate of drug-likeness (QED) is 0.624. The van der Waals surface area contributed by atoms with Crippen LogP contribution in [0, 0.1) is 0 Å². The summed E-state index contributed by atoms with van der Waals surface area (Å²) in [5.41, 5.74) is 8.57. The first-order valence-electron chi connectivity index (χ1n) is 4.23. The highest BCUT2D eigenvalue weighted by Crippen LogP contribution is 2.09. The highest BCUT2D eigenvalue weighted by Gasteiger charge is 2.07. The Bertz CT molecular complexity index is 310. The summed E-state index contributed by atoms with van der Waals surface area (Å²) in [4.78, 5) is 15.2. The first-order chi connectivity index (χ1) is 6.59. The number of aryl methyl sites for hydroxylation is 1. The zero-order valence-corrected chi connectivity index (χ0v) is 8.23. The van der Waals surface area contributed by atoms with E-state index in [2.05, 4.69) is 10.6 Å². The monoisotopic (exact) mass is 198 g/mol. The summed E-state index contributed by atoms with van der Waals surface area (Å²) in [7, 11) is 1.83. The van der Waals surface area contributed by atoms with Crippen LogP contribution in [-0.2, 0) is 16.7 Å². The summed E-state index contributed by atoms with van der Waals surface area (Å²) in [6.07, 6.45) is 3.59. The molecule has 6 heteroatoms. The molecule has 78 valence electrons. The van der Waals surface area contributed by atoms with E-state index < -0.39 is 5.91 Å². The second kappa shape index (κ2) is 4.73. The van der Waals surface area contributed by atoms with Crippen LogP contribution in [-0.4, -0.2) is 22.3 Å². The van der Waals surface area contributed by atoms with Crippen LogP contribution in [0.5, 0.6) is 0 Å². The van der Waals surface area contributed by atoms with E-state index in [1.807, 2.05) is 20.2 Å². The number of hydroxylamine groups is 1. The second-order valence-corrected chi connectivity index (χ2v) is 3.04. The van der Waals surface area contributed by atoms with E-state index in [1.54, 1.807) is 10.9 Å². The number of nitrogens with one attached hydrogen (secondary N) is 1. The highest BCUT2D eigenvalue weighted by molar-refractivity contribution is 5.74. The average Bonchev–Trinajstić information content (AvgIpc) is 2.51. The van der Waals surface area contributed by atoms with Gasteiger partial charge in [-0.05, 0) is 6.92 Å². The summed E-state index contributed by atoms with van der Waals surface area (Å²) in [5, 5.41) is 4.01. The lowest BCUT2D eigenvalue weighted by Gasteiger charge is -2.10. The van der Waals surface area contributed by atoms with Crippen molar-refractivity contribution >= 4 is 5.91 Å². The largest absolute Gasteiger partial charge is 0.368 e. The molecular weight excluding hydrogens is 184 g/mol. The first-order valence-corrected chi connectivity index (χ1v) is 4.23. The van der Waals surface area contributed by atoms with Gasteiger partial charge in [0.15, 0.2) is 0 Å². The molecule has 1 aromatic rings. The molecule has 3 N–H and O–H groups in total. The summed E-state index contributed by atoms with van der Waals surface area (Å²) in [5.74, 6) is -0.504. The molecule has 1 atom stereocenters. The minimum Gasteiger partial charge on any atom is -0.368 e. The topological polar surface area (TPSA) is 82.2 Å². The standard InChI is InChI=1S/C8H14N4O2/c1-6(11-14-5-8(9)13)7-3-10-12(2)4-7/h3-4,6,11H,5H2,1-2H3,(H2,9,13). The SMILES string of the molecule is CC(NOCC(N)=O)c1cnn(C)c1. The average molecular weight is 198 g/mol. The molecule has 1 unspecified atom stereocenters. The second-order valence-electron chi connectivity index (χ2n) is 3.04. The fraction of sp³-hybridized carbons (Fsp3) is 0.500.